The highest BCUT2D eigenvalue weighted by Crippen LogP contribution is 2.49. The summed E-state index contributed by atoms with van der Waals surface area (Å²) in [6, 6.07) is 41.8. The second-order valence-electron chi connectivity index (χ2n) is 32.9. The topological polar surface area (TPSA) is 640 Å². The van der Waals surface area contributed by atoms with Gasteiger partial charge in [0.2, 0.25) is 47.3 Å². The molecule has 0 spiro atoms. The molecule has 125 heavy (non-hydrogen) atoms. The van der Waals surface area contributed by atoms with Crippen molar-refractivity contribution in [3.8, 4) is 11.1 Å². The zero-order chi connectivity index (χ0) is 92.8. The van der Waals surface area contributed by atoms with Gasteiger partial charge in [0.25, 0.3) is 0 Å². The minimum Gasteiger partial charge on any atom is -0.481 e. The Kier molecular flexibility index (Phi) is 44.2. The van der Waals surface area contributed by atoms with Crippen LogP contribution in [0.15, 0.2) is 159 Å². The van der Waals surface area contributed by atoms with Crippen molar-refractivity contribution in [3.63, 3.8) is 0 Å². The standard InChI is InChI=1S/C27H37N5O4.C22H33N5O4.C20H29N5O4.C20H31N5O4/c1-27(2,25(35)36)15-14-23(33)32-22(24(34)30-16-6-7-17-31-26(28)29)18-19-10-12-21(13-11-19)20-8-4-3-5-9-20;1-21(2,19(30)31)10-9-17(28)27-22(13-15-7-3-4-8-16(15)14-22)18(29)25-11-5-6-12-26-20(23)24;21-19(22)24-11-5-4-10-23-17(27)15(12-14-6-2-1-3-7-14)25-16(26)13-20(8-9-20)18(28)29;1-20(2,18(28)29)13-16(26)25-15(12-14-8-4-3-5-9-14)17(27)23-10-6-7-11-24-19(21)22/h3-5,8-13,22H,6-7,14-18H2,1-2H3,(H,30,34)(H,32,33)(H,35,36)(H4,28,29,31);3-4,7-8H,5-6,9-14H2,1-2H3,(H,25,29)(H,27,28)(H,30,31)(H4,23,24,26);1-3,6-7,15H,4-5,8-13H2,(H,23,27)(H,25,26)(H,28,29)(H4,21,22,24);3-5,8-9,15H,6-7,10-13H2,1-2H3,(H,23,27)(H,25,26)(H,28,29)(H4,21,22,24)/t22-;;2*15-/m1.11/s1. The van der Waals surface area contributed by atoms with Crippen LogP contribution in [-0.2, 0) is 89.6 Å². The molecule has 0 aromatic heterocycles. The number of nitrogens with zero attached hydrogens (tertiary/aromatic N) is 4. The number of aliphatic imine (C=N–C) groups is 4. The molecule has 2 aliphatic carbocycles. The molecule has 1 saturated carbocycles. The first-order valence-electron chi connectivity index (χ1n) is 41.8. The van der Waals surface area contributed by atoms with Crippen molar-refractivity contribution in [1.29, 1.82) is 0 Å². The van der Waals surface area contributed by atoms with E-state index in [0.717, 1.165) is 51.8 Å². The Hall–Kier alpha value is -13.2. The molecule has 0 unspecified atom stereocenters. The number of carbonyl (C=O) groups is 12. The van der Waals surface area contributed by atoms with Crippen molar-refractivity contribution < 1.29 is 78.0 Å². The fourth-order valence-corrected chi connectivity index (χ4v) is 12.7. The van der Waals surface area contributed by atoms with Crippen LogP contribution in [-0.4, -0.2) is 191 Å². The van der Waals surface area contributed by atoms with Crippen molar-refractivity contribution in [2.24, 2.45) is 87.5 Å². The molecule has 8 amide bonds. The maximum atomic E-state index is 13.1. The van der Waals surface area contributed by atoms with E-state index in [1.807, 2.05) is 140 Å². The van der Waals surface area contributed by atoms with Crippen LogP contribution in [0, 0.1) is 21.7 Å². The zero-order valence-corrected chi connectivity index (χ0v) is 72.6. The van der Waals surface area contributed by atoms with Gasteiger partial charge in [-0.05, 0) is 158 Å². The summed E-state index contributed by atoms with van der Waals surface area (Å²) in [5, 5.41) is 59.5. The van der Waals surface area contributed by atoms with Crippen LogP contribution in [0.25, 0.3) is 11.1 Å². The predicted molar refractivity (Wildman–Crippen MR) is 479 cm³/mol. The molecular formula is C89H130N20O16. The normalized spacial score (nSPS) is 13.2. The third kappa shape index (κ3) is 40.6. The lowest BCUT2D eigenvalue weighted by Gasteiger charge is -2.30. The molecule has 0 radical (unpaired) electrons. The molecule has 36 heteroatoms. The molecule has 0 saturated heterocycles. The first kappa shape index (κ1) is 104. The highest BCUT2D eigenvalue weighted by molar-refractivity contribution is 5.95. The molecule has 682 valence electrons. The SMILES string of the molecule is CC(C)(CC(=O)N[C@H](Cc1ccccc1)C(=O)NCCCCN=C(N)N)C(=O)O.CC(C)(CCC(=O)NC1(C(=O)NCCCCN=C(N)N)Cc2ccccc2C1)C(=O)O.CC(C)(CCC(=O)N[C@H](Cc1ccc(-c2ccccc2)cc1)C(=O)NCCCCN=C(N)N)C(=O)O.NC(N)=NCCCCNC(=O)[C@@H](Cc1ccccc1)NC(=O)CC1(C(=O)O)CC1. The number of amides is 8. The quantitative estimate of drug-likeness (QED) is 0.0150. The van der Waals surface area contributed by atoms with Gasteiger partial charge in [0.1, 0.15) is 23.7 Å². The minimum absolute atomic E-state index is 0.00847. The van der Waals surface area contributed by atoms with E-state index >= 15 is 0 Å². The Morgan fingerprint density at radius 3 is 1.05 bits per heavy atom. The second-order valence-corrected chi connectivity index (χ2v) is 32.9. The molecule has 3 atom stereocenters. The van der Waals surface area contributed by atoms with Crippen LogP contribution in [0.1, 0.15) is 172 Å². The zero-order valence-electron chi connectivity index (χ0n) is 72.6. The van der Waals surface area contributed by atoms with Gasteiger partial charge in [-0.25, -0.2) is 0 Å². The van der Waals surface area contributed by atoms with E-state index in [4.69, 9.17) is 45.9 Å². The average molecular weight is 1740 g/mol. The maximum absolute atomic E-state index is 13.1. The lowest BCUT2D eigenvalue weighted by molar-refractivity contribution is -0.150. The van der Waals surface area contributed by atoms with Gasteiger partial charge in [0.05, 0.1) is 21.7 Å². The van der Waals surface area contributed by atoms with Crippen molar-refractivity contribution in [3.05, 3.63) is 167 Å². The van der Waals surface area contributed by atoms with Gasteiger partial charge in [-0.3, -0.25) is 77.5 Å². The Bertz CT molecular complexity index is 4310. The summed E-state index contributed by atoms with van der Waals surface area (Å²) in [4.78, 5) is 162. The van der Waals surface area contributed by atoms with E-state index in [0.29, 0.717) is 136 Å². The number of nitrogens with one attached hydrogen (secondary N) is 8. The van der Waals surface area contributed by atoms with E-state index in [1.54, 1.807) is 27.7 Å². The summed E-state index contributed by atoms with van der Waals surface area (Å²) in [5.74, 6) is -6.57. The summed E-state index contributed by atoms with van der Waals surface area (Å²) in [6.45, 7) is 12.9. The number of guanidine groups is 4. The van der Waals surface area contributed by atoms with E-state index in [-0.39, 0.29) is 97.8 Å². The monoisotopic (exact) mass is 1730 g/mol. The number of hydrogen-bond acceptors (Lipinski definition) is 16. The number of carboxylic acids is 4. The maximum Gasteiger partial charge on any atom is 0.310 e. The molecule has 36 nitrogen and oxygen atoms in total. The predicted octanol–water partition coefficient (Wildman–Crippen LogP) is 3.67. The largest absolute Gasteiger partial charge is 0.481 e. The molecule has 28 N–H and O–H groups in total. The van der Waals surface area contributed by atoms with Gasteiger partial charge in [-0.15, -0.1) is 0 Å². The molecule has 5 aromatic rings. The Morgan fingerprint density at radius 1 is 0.376 bits per heavy atom. The van der Waals surface area contributed by atoms with Gasteiger partial charge < -0.3 is 109 Å². The highest BCUT2D eigenvalue weighted by atomic mass is 16.4. The number of carboxylic acid groups (broad SMARTS) is 4. The lowest BCUT2D eigenvalue weighted by Crippen LogP contribution is -2.60. The molecule has 5 aromatic carbocycles. The van der Waals surface area contributed by atoms with E-state index in [9.17, 15) is 78.0 Å². The fraction of sp³-hybridized carbons (Fsp3) is 0.483. The molecule has 2 aliphatic rings. The van der Waals surface area contributed by atoms with Crippen LogP contribution in [0.5, 0.6) is 0 Å². The van der Waals surface area contributed by atoms with Crippen LogP contribution in [0.3, 0.4) is 0 Å². The Morgan fingerprint density at radius 2 is 0.696 bits per heavy atom. The van der Waals surface area contributed by atoms with Crippen molar-refractivity contribution in [1.82, 2.24) is 42.5 Å². The Balaban J connectivity index is 0.000000351. The molecule has 0 heterocycles. The molecule has 1 fully saturated rings. The minimum atomic E-state index is -1.22. The van der Waals surface area contributed by atoms with E-state index in [1.165, 1.54) is 13.8 Å². The van der Waals surface area contributed by atoms with Gasteiger partial charge >= 0.3 is 23.9 Å². The van der Waals surface area contributed by atoms with E-state index in [2.05, 4.69) is 62.5 Å². The van der Waals surface area contributed by atoms with Crippen LogP contribution in [0.2, 0.25) is 0 Å². The summed E-state index contributed by atoms with van der Waals surface area (Å²) >= 11 is 0. The third-order valence-corrected chi connectivity index (χ3v) is 20.7. The first-order valence-corrected chi connectivity index (χ1v) is 41.8. The van der Waals surface area contributed by atoms with Crippen LogP contribution >= 0.6 is 0 Å². The average Bonchev–Trinajstić information content (AvgIpc) is 1.63. The van der Waals surface area contributed by atoms with Crippen molar-refractivity contribution in [2.75, 3.05) is 52.4 Å². The lowest BCUT2D eigenvalue weighted by atomic mass is 9.87. The van der Waals surface area contributed by atoms with Crippen LogP contribution in [0.4, 0.5) is 0 Å². The molecule has 7 rings (SSSR count). The van der Waals surface area contributed by atoms with Gasteiger partial charge in [-0.1, -0.05) is 140 Å². The smallest absolute Gasteiger partial charge is 0.310 e. The van der Waals surface area contributed by atoms with E-state index < -0.39 is 81.0 Å². The first-order chi connectivity index (χ1) is 59.1. The number of fused-ring (bicyclic) bond motifs is 1. The van der Waals surface area contributed by atoms with Gasteiger partial charge in [0, 0.05) is 110 Å². The van der Waals surface area contributed by atoms with Gasteiger partial charge in [0.15, 0.2) is 23.8 Å². The third-order valence-electron chi connectivity index (χ3n) is 20.7. The molecule has 0 bridgehead atoms. The molecular weight excluding hydrogens is 1610 g/mol. The van der Waals surface area contributed by atoms with Crippen molar-refractivity contribution in [2.45, 2.75) is 200 Å². The fourth-order valence-electron chi connectivity index (χ4n) is 12.7. The number of hydrogen-bond donors (Lipinski definition) is 20. The summed E-state index contributed by atoms with van der Waals surface area (Å²) in [5.41, 5.74) is 43.8. The number of nitrogens with two attached hydrogens (primary N) is 8. The second kappa shape index (κ2) is 53.0. The van der Waals surface area contributed by atoms with Crippen LogP contribution < -0.4 is 88.4 Å². The number of benzene rings is 5. The van der Waals surface area contributed by atoms with Crippen molar-refractivity contribution >= 4 is 95.0 Å². The molecule has 0 aliphatic heterocycles. The number of rotatable bonds is 49. The summed E-state index contributed by atoms with van der Waals surface area (Å²) < 4.78 is 0. The number of aliphatic carboxylic acids is 4. The Labute approximate surface area is 730 Å². The highest BCUT2D eigenvalue weighted by Gasteiger charge is 2.52. The van der Waals surface area contributed by atoms with Gasteiger partial charge in [-0.2, -0.15) is 0 Å². The number of unbranched alkanes of at least 4 members (excludes halogenated alkanes) is 4. The summed E-state index contributed by atoms with van der Waals surface area (Å²) in [7, 11) is 0. The number of carbonyl (C=O) groups excluding carboxylic acids is 8. The summed E-state index contributed by atoms with van der Waals surface area (Å²) in [6.07, 6.45) is 8.38.